The van der Waals surface area contributed by atoms with E-state index in [-0.39, 0.29) is 18.8 Å². The van der Waals surface area contributed by atoms with E-state index < -0.39 is 54.1 Å². The second kappa shape index (κ2) is 11.7. The van der Waals surface area contributed by atoms with Gasteiger partial charge in [-0.15, -0.1) is 0 Å². The first-order chi connectivity index (χ1) is 18.6. The van der Waals surface area contributed by atoms with Gasteiger partial charge >= 0.3 is 12.0 Å². The average molecular weight is 537 g/mol. The maximum absolute atomic E-state index is 13.7. The topological polar surface area (TPSA) is 119 Å². The minimum absolute atomic E-state index is 0.00279. The summed E-state index contributed by atoms with van der Waals surface area (Å²) in [6.45, 7) is 1.84. The minimum Gasteiger partial charge on any atom is -0.481 e. The summed E-state index contributed by atoms with van der Waals surface area (Å²) in [6, 6.07) is 15.0. The van der Waals surface area contributed by atoms with Crippen molar-refractivity contribution in [2.75, 3.05) is 18.4 Å². The molecule has 2 unspecified atom stereocenters. The second-order valence-electron chi connectivity index (χ2n) is 9.08. The lowest BCUT2D eigenvalue weighted by atomic mass is 10.0. The average Bonchev–Trinajstić information content (AvgIpc) is 3.35. The molecule has 4 amide bonds. The molecule has 0 bridgehead atoms. The van der Waals surface area contributed by atoms with Gasteiger partial charge in [0.15, 0.2) is 6.17 Å². The Kier molecular flexibility index (Phi) is 8.18. The number of halogens is 2. The summed E-state index contributed by atoms with van der Waals surface area (Å²) in [5.74, 6) is -3.53. The summed E-state index contributed by atoms with van der Waals surface area (Å²) in [5, 5.41) is 14.6. The van der Waals surface area contributed by atoms with E-state index in [1.165, 1.54) is 29.2 Å². The lowest BCUT2D eigenvalue weighted by Gasteiger charge is -2.31. The van der Waals surface area contributed by atoms with Crippen LogP contribution in [0.5, 0.6) is 0 Å². The van der Waals surface area contributed by atoms with Gasteiger partial charge in [0.2, 0.25) is 0 Å². The molecule has 1 aliphatic heterocycles. The molecule has 4 rings (SSSR count). The molecular weight excluding hydrogens is 510 g/mol. The van der Waals surface area contributed by atoms with Crippen LogP contribution in [-0.4, -0.2) is 58.0 Å². The molecule has 11 heteroatoms. The van der Waals surface area contributed by atoms with Crippen molar-refractivity contribution in [1.29, 1.82) is 0 Å². The highest BCUT2D eigenvalue weighted by molar-refractivity contribution is 6.00. The smallest absolute Gasteiger partial charge is 0.323 e. The van der Waals surface area contributed by atoms with Gasteiger partial charge < -0.3 is 20.6 Å². The van der Waals surface area contributed by atoms with Gasteiger partial charge in [-0.25, -0.2) is 13.6 Å². The van der Waals surface area contributed by atoms with Crippen LogP contribution in [0.15, 0.2) is 72.8 Å². The fourth-order valence-electron chi connectivity index (χ4n) is 4.38. The Morgan fingerprint density at radius 3 is 2.15 bits per heavy atom. The highest BCUT2D eigenvalue weighted by atomic mass is 19.1. The number of aryl methyl sites for hydroxylation is 1. The zero-order valence-electron chi connectivity index (χ0n) is 20.9. The molecule has 1 saturated heterocycles. The number of hydrogen-bond acceptors (Lipinski definition) is 4. The summed E-state index contributed by atoms with van der Waals surface area (Å²) in [4.78, 5) is 54.3. The molecule has 9 nitrogen and oxygen atoms in total. The van der Waals surface area contributed by atoms with Crippen molar-refractivity contribution >= 4 is 29.5 Å². The first-order valence-electron chi connectivity index (χ1n) is 12.1. The third-order valence-corrected chi connectivity index (χ3v) is 6.26. The Hall–Kier alpha value is -4.80. The number of carbonyl (C=O) groups excluding carboxylic acids is 3. The highest BCUT2D eigenvalue weighted by Gasteiger charge is 2.43. The number of nitrogens with zero attached hydrogens (tertiary/aromatic N) is 2. The number of carbonyl (C=O) groups is 4. The Bertz CT molecular complexity index is 1380. The molecule has 1 heterocycles. The van der Waals surface area contributed by atoms with Crippen LogP contribution in [0, 0.1) is 18.6 Å². The van der Waals surface area contributed by atoms with Gasteiger partial charge in [-0.2, -0.15) is 0 Å². The molecule has 0 aromatic heterocycles. The molecule has 0 radical (unpaired) electrons. The fraction of sp³-hybridized carbons (Fsp3) is 0.214. The zero-order chi connectivity index (χ0) is 28.1. The van der Waals surface area contributed by atoms with Crippen LogP contribution in [0.1, 0.15) is 33.9 Å². The van der Waals surface area contributed by atoms with Crippen LogP contribution in [0.2, 0.25) is 0 Å². The SMILES string of the molecule is Cc1cccc(C(=O)N2CCN(C(=O)Nc3ccc(F)cc3)C2C(=O)NC(CC(=O)O)c2ccc(F)cc2)c1. The summed E-state index contributed by atoms with van der Waals surface area (Å²) in [5.41, 5.74) is 1.75. The lowest BCUT2D eigenvalue weighted by molar-refractivity contribution is -0.138. The fourth-order valence-corrected chi connectivity index (χ4v) is 4.38. The number of carboxylic acid groups (broad SMARTS) is 1. The van der Waals surface area contributed by atoms with Crippen LogP contribution in [0.3, 0.4) is 0 Å². The van der Waals surface area contributed by atoms with Crippen molar-refractivity contribution in [3.8, 4) is 0 Å². The van der Waals surface area contributed by atoms with Crippen LogP contribution in [-0.2, 0) is 9.59 Å². The van der Waals surface area contributed by atoms with E-state index in [2.05, 4.69) is 10.6 Å². The third-order valence-electron chi connectivity index (χ3n) is 6.26. The molecule has 39 heavy (non-hydrogen) atoms. The Morgan fingerprint density at radius 1 is 0.923 bits per heavy atom. The Labute approximate surface area is 223 Å². The highest BCUT2D eigenvalue weighted by Crippen LogP contribution is 2.24. The zero-order valence-corrected chi connectivity index (χ0v) is 20.9. The molecule has 202 valence electrons. The minimum atomic E-state index is -1.42. The molecule has 0 aliphatic carbocycles. The molecular formula is C28H26F2N4O5. The predicted molar refractivity (Wildman–Crippen MR) is 138 cm³/mol. The van der Waals surface area contributed by atoms with Crippen molar-refractivity contribution in [2.24, 2.45) is 0 Å². The van der Waals surface area contributed by atoms with Crippen molar-refractivity contribution in [3.63, 3.8) is 0 Å². The predicted octanol–water partition coefficient (Wildman–Crippen LogP) is 3.92. The number of anilines is 1. The van der Waals surface area contributed by atoms with Gasteiger partial charge in [0.05, 0.1) is 12.5 Å². The Morgan fingerprint density at radius 2 is 1.54 bits per heavy atom. The maximum Gasteiger partial charge on any atom is 0.323 e. The number of amides is 4. The molecule has 1 fully saturated rings. The van der Waals surface area contributed by atoms with E-state index in [1.807, 2.05) is 13.0 Å². The van der Waals surface area contributed by atoms with Crippen LogP contribution >= 0.6 is 0 Å². The number of rotatable bonds is 7. The molecule has 1 aliphatic rings. The first kappa shape index (κ1) is 27.2. The number of urea groups is 1. The van der Waals surface area contributed by atoms with E-state index >= 15 is 0 Å². The van der Waals surface area contributed by atoms with Gasteiger partial charge in [-0.3, -0.25) is 19.3 Å². The first-order valence-corrected chi connectivity index (χ1v) is 12.1. The largest absolute Gasteiger partial charge is 0.481 e. The summed E-state index contributed by atoms with van der Waals surface area (Å²) >= 11 is 0. The van der Waals surface area contributed by atoms with Crippen molar-refractivity contribution in [1.82, 2.24) is 15.1 Å². The molecule has 0 spiro atoms. The molecule has 2 atom stereocenters. The van der Waals surface area contributed by atoms with Crippen LogP contribution < -0.4 is 10.6 Å². The number of aliphatic carboxylic acids is 1. The van der Waals surface area contributed by atoms with Gasteiger partial charge in [0.1, 0.15) is 11.6 Å². The van der Waals surface area contributed by atoms with Gasteiger partial charge in [0, 0.05) is 24.3 Å². The van der Waals surface area contributed by atoms with Crippen molar-refractivity contribution in [3.05, 3.63) is 101 Å². The maximum atomic E-state index is 13.7. The van der Waals surface area contributed by atoms with E-state index in [1.54, 1.807) is 18.2 Å². The third kappa shape index (κ3) is 6.56. The van der Waals surface area contributed by atoms with Crippen LogP contribution in [0.4, 0.5) is 19.3 Å². The molecule has 0 saturated carbocycles. The number of hydrogen-bond donors (Lipinski definition) is 3. The normalized spacial score (nSPS) is 15.5. The summed E-state index contributed by atoms with van der Waals surface area (Å²) < 4.78 is 26.8. The summed E-state index contributed by atoms with van der Waals surface area (Å²) in [6.07, 6.45) is -1.94. The van der Waals surface area contributed by atoms with E-state index in [0.717, 1.165) is 34.7 Å². The van der Waals surface area contributed by atoms with Gasteiger partial charge in [-0.05, 0) is 61.0 Å². The molecule has 3 N–H and O–H groups in total. The second-order valence-corrected chi connectivity index (χ2v) is 9.08. The molecule has 3 aromatic rings. The van der Waals surface area contributed by atoms with Crippen molar-refractivity contribution < 1.29 is 33.1 Å². The standard InChI is InChI=1S/C28H26F2N4O5/c1-17-3-2-4-19(15-17)27(38)33-13-14-34(28(39)31-22-11-9-21(30)10-12-22)26(33)25(37)32-23(16-24(35)36)18-5-7-20(29)8-6-18/h2-12,15,23,26H,13-14,16H2,1H3,(H,31,39)(H,32,37)(H,35,36). The number of benzene rings is 3. The quantitative estimate of drug-likeness (QED) is 0.423. The van der Waals surface area contributed by atoms with E-state index in [4.69, 9.17) is 0 Å². The number of nitrogens with one attached hydrogen (secondary N) is 2. The van der Waals surface area contributed by atoms with Crippen molar-refractivity contribution in [2.45, 2.75) is 25.6 Å². The van der Waals surface area contributed by atoms with Gasteiger partial charge in [0.25, 0.3) is 11.8 Å². The Balaban J connectivity index is 1.64. The lowest BCUT2D eigenvalue weighted by Crippen LogP contribution is -2.55. The van der Waals surface area contributed by atoms with Crippen LogP contribution in [0.25, 0.3) is 0 Å². The van der Waals surface area contributed by atoms with E-state index in [9.17, 15) is 33.1 Å². The summed E-state index contributed by atoms with van der Waals surface area (Å²) in [7, 11) is 0. The van der Waals surface area contributed by atoms with Gasteiger partial charge in [-0.1, -0.05) is 29.8 Å². The molecule has 3 aromatic carbocycles. The van der Waals surface area contributed by atoms with E-state index in [0.29, 0.717) is 11.1 Å². The monoisotopic (exact) mass is 536 g/mol. The number of carboxylic acids is 1.